The van der Waals surface area contributed by atoms with Crippen LogP contribution in [0.5, 0.6) is 5.75 Å². The standard InChI is InChI=1S/C15H24N2O2/c1-4-15(5-2,6-3)17-14(18)11-19-13-9-7-8-12(16)10-13/h7-10H,4-6,11,16H2,1-3H3,(H,17,18). The van der Waals surface area contributed by atoms with Crippen molar-refractivity contribution in [3.8, 4) is 5.75 Å². The Kier molecular flexibility index (Phi) is 5.67. The van der Waals surface area contributed by atoms with Gasteiger partial charge in [-0.3, -0.25) is 4.79 Å². The van der Waals surface area contributed by atoms with Crippen molar-refractivity contribution in [2.45, 2.75) is 45.6 Å². The number of anilines is 1. The predicted octanol–water partition coefficient (Wildman–Crippen LogP) is 2.73. The number of hydrogen-bond donors (Lipinski definition) is 2. The Morgan fingerprint density at radius 2 is 1.89 bits per heavy atom. The molecule has 0 radical (unpaired) electrons. The highest BCUT2D eigenvalue weighted by Gasteiger charge is 2.25. The fraction of sp³-hybridized carbons (Fsp3) is 0.533. The van der Waals surface area contributed by atoms with Crippen molar-refractivity contribution in [2.24, 2.45) is 0 Å². The monoisotopic (exact) mass is 264 g/mol. The van der Waals surface area contributed by atoms with E-state index in [1.165, 1.54) is 0 Å². The maximum absolute atomic E-state index is 11.9. The zero-order valence-electron chi connectivity index (χ0n) is 12.0. The summed E-state index contributed by atoms with van der Waals surface area (Å²) in [5.41, 5.74) is 6.16. The third-order valence-electron chi connectivity index (χ3n) is 3.66. The first-order chi connectivity index (χ1) is 9.05. The Morgan fingerprint density at radius 1 is 1.26 bits per heavy atom. The topological polar surface area (TPSA) is 64.3 Å². The molecular formula is C15H24N2O2. The van der Waals surface area contributed by atoms with Crippen LogP contribution in [0, 0.1) is 0 Å². The highest BCUT2D eigenvalue weighted by molar-refractivity contribution is 5.78. The van der Waals surface area contributed by atoms with Gasteiger partial charge in [0.15, 0.2) is 6.61 Å². The summed E-state index contributed by atoms with van der Waals surface area (Å²) < 4.78 is 5.44. The molecule has 1 amide bonds. The van der Waals surface area contributed by atoms with Crippen molar-refractivity contribution in [3.05, 3.63) is 24.3 Å². The number of nitrogens with one attached hydrogen (secondary N) is 1. The lowest BCUT2D eigenvalue weighted by Crippen LogP contribution is -2.48. The predicted molar refractivity (Wildman–Crippen MR) is 78.1 cm³/mol. The number of benzene rings is 1. The highest BCUT2D eigenvalue weighted by Crippen LogP contribution is 2.19. The van der Waals surface area contributed by atoms with Crippen LogP contribution in [0.2, 0.25) is 0 Å². The number of carbonyl (C=O) groups is 1. The second kappa shape index (κ2) is 7.02. The molecule has 19 heavy (non-hydrogen) atoms. The number of rotatable bonds is 7. The van der Waals surface area contributed by atoms with E-state index in [0.29, 0.717) is 11.4 Å². The minimum Gasteiger partial charge on any atom is -0.484 e. The average Bonchev–Trinajstić information content (AvgIpc) is 2.43. The van der Waals surface area contributed by atoms with Gasteiger partial charge >= 0.3 is 0 Å². The summed E-state index contributed by atoms with van der Waals surface area (Å²) in [6, 6.07) is 7.08. The summed E-state index contributed by atoms with van der Waals surface area (Å²) in [5, 5.41) is 3.07. The molecule has 0 fully saturated rings. The van der Waals surface area contributed by atoms with E-state index in [0.717, 1.165) is 19.3 Å². The van der Waals surface area contributed by atoms with E-state index in [-0.39, 0.29) is 18.1 Å². The minimum absolute atomic E-state index is 0.0191. The number of hydrogen-bond acceptors (Lipinski definition) is 3. The van der Waals surface area contributed by atoms with Gasteiger partial charge in [-0.1, -0.05) is 26.8 Å². The maximum atomic E-state index is 11.9. The van der Waals surface area contributed by atoms with Crippen molar-refractivity contribution < 1.29 is 9.53 Å². The molecule has 0 aliphatic carbocycles. The zero-order chi connectivity index (χ0) is 14.3. The molecule has 0 unspecified atom stereocenters. The fourth-order valence-corrected chi connectivity index (χ4v) is 2.10. The van der Waals surface area contributed by atoms with E-state index >= 15 is 0 Å². The van der Waals surface area contributed by atoms with Gasteiger partial charge in [0.2, 0.25) is 0 Å². The lowest BCUT2D eigenvalue weighted by atomic mass is 9.90. The van der Waals surface area contributed by atoms with Crippen molar-refractivity contribution in [2.75, 3.05) is 12.3 Å². The maximum Gasteiger partial charge on any atom is 0.258 e. The average molecular weight is 264 g/mol. The summed E-state index contributed by atoms with van der Waals surface area (Å²) in [5.74, 6) is 0.526. The quantitative estimate of drug-likeness (QED) is 0.744. The molecule has 0 aromatic heterocycles. The first-order valence-electron chi connectivity index (χ1n) is 6.84. The van der Waals surface area contributed by atoms with Gasteiger partial charge in [-0.2, -0.15) is 0 Å². The first kappa shape index (κ1) is 15.3. The zero-order valence-corrected chi connectivity index (χ0v) is 12.0. The van der Waals surface area contributed by atoms with Crippen LogP contribution in [0.25, 0.3) is 0 Å². The third-order valence-corrected chi connectivity index (χ3v) is 3.66. The molecule has 4 heteroatoms. The van der Waals surface area contributed by atoms with Gasteiger partial charge in [0.25, 0.3) is 5.91 Å². The molecule has 0 saturated carbocycles. The van der Waals surface area contributed by atoms with Crippen molar-refractivity contribution in [1.82, 2.24) is 5.32 Å². The molecule has 0 heterocycles. The summed E-state index contributed by atoms with van der Waals surface area (Å²) in [6.07, 6.45) is 2.76. The SMILES string of the molecule is CCC(CC)(CC)NC(=O)COc1cccc(N)c1. The molecule has 0 aliphatic rings. The fourth-order valence-electron chi connectivity index (χ4n) is 2.10. The Balaban J connectivity index is 2.52. The van der Waals surface area contributed by atoms with Gasteiger partial charge in [0.1, 0.15) is 5.75 Å². The van der Waals surface area contributed by atoms with Crippen molar-refractivity contribution in [1.29, 1.82) is 0 Å². The molecule has 0 atom stereocenters. The molecule has 1 aromatic carbocycles. The molecule has 1 aromatic rings. The largest absolute Gasteiger partial charge is 0.484 e. The van der Waals surface area contributed by atoms with Gasteiger partial charge in [-0.25, -0.2) is 0 Å². The molecule has 4 nitrogen and oxygen atoms in total. The number of amides is 1. The third kappa shape index (κ3) is 4.47. The van der Waals surface area contributed by atoms with Crippen LogP contribution < -0.4 is 15.8 Å². The van der Waals surface area contributed by atoms with E-state index in [9.17, 15) is 4.79 Å². The van der Waals surface area contributed by atoms with Crippen LogP contribution in [0.1, 0.15) is 40.0 Å². The van der Waals surface area contributed by atoms with Crippen molar-refractivity contribution in [3.63, 3.8) is 0 Å². The highest BCUT2D eigenvalue weighted by atomic mass is 16.5. The van der Waals surface area contributed by atoms with Gasteiger partial charge in [0.05, 0.1) is 0 Å². The van der Waals surface area contributed by atoms with Crippen LogP contribution in [-0.4, -0.2) is 18.1 Å². The van der Waals surface area contributed by atoms with E-state index in [1.807, 2.05) is 0 Å². The molecule has 0 bridgehead atoms. The molecular weight excluding hydrogens is 240 g/mol. The van der Waals surface area contributed by atoms with E-state index in [2.05, 4.69) is 26.1 Å². The molecule has 0 aliphatic heterocycles. The van der Waals surface area contributed by atoms with Crippen LogP contribution in [0.3, 0.4) is 0 Å². The van der Waals surface area contributed by atoms with E-state index < -0.39 is 0 Å². The summed E-state index contributed by atoms with van der Waals surface area (Å²) >= 11 is 0. The molecule has 0 saturated heterocycles. The lowest BCUT2D eigenvalue weighted by Gasteiger charge is -2.31. The normalized spacial score (nSPS) is 11.1. The van der Waals surface area contributed by atoms with Gasteiger partial charge in [0, 0.05) is 17.3 Å². The first-order valence-corrected chi connectivity index (χ1v) is 6.84. The van der Waals surface area contributed by atoms with Crippen molar-refractivity contribution >= 4 is 11.6 Å². The Labute approximate surface area is 115 Å². The van der Waals surface area contributed by atoms with Crippen LogP contribution in [0.4, 0.5) is 5.69 Å². The smallest absolute Gasteiger partial charge is 0.258 e. The van der Waals surface area contributed by atoms with Crippen LogP contribution in [0.15, 0.2) is 24.3 Å². The minimum atomic E-state index is -0.115. The Morgan fingerprint density at radius 3 is 2.42 bits per heavy atom. The molecule has 1 rings (SSSR count). The summed E-state index contributed by atoms with van der Waals surface area (Å²) in [7, 11) is 0. The number of carbonyl (C=O) groups excluding carboxylic acids is 1. The Bertz CT molecular complexity index is 406. The summed E-state index contributed by atoms with van der Waals surface area (Å²) in [6.45, 7) is 6.29. The molecule has 3 N–H and O–H groups in total. The Hall–Kier alpha value is -1.71. The van der Waals surface area contributed by atoms with Gasteiger partial charge < -0.3 is 15.8 Å². The molecule has 0 spiro atoms. The van der Waals surface area contributed by atoms with Gasteiger partial charge in [-0.05, 0) is 31.4 Å². The lowest BCUT2D eigenvalue weighted by molar-refractivity contribution is -0.125. The van der Waals surface area contributed by atoms with E-state index in [4.69, 9.17) is 10.5 Å². The summed E-state index contributed by atoms with van der Waals surface area (Å²) in [4.78, 5) is 11.9. The van der Waals surface area contributed by atoms with Gasteiger partial charge in [-0.15, -0.1) is 0 Å². The number of nitrogens with two attached hydrogens (primary N) is 1. The molecule has 106 valence electrons. The second-order valence-corrected chi connectivity index (χ2v) is 4.75. The second-order valence-electron chi connectivity index (χ2n) is 4.75. The van der Waals surface area contributed by atoms with E-state index in [1.54, 1.807) is 24.3 Å². The number of ether oxygens (including phenoxy) is 1. The van der Waals surface area contributed by atoms with Crippen LogP contribution in [-0.2, 0) is 4.79 Å². The number of nitrogen functional groups attached to an aromatic ring is 1. The van der Waals surface area contributed by atoms with Crippen LogP contribution >= 0.6 is 0 Å².